The zero-order valence-corrected chi connectivity index (χ0v) is 52.2. The van der Waals surface area contributed by atoms with Crippen LogP contribution in [-0.4, -0.2) is 103 Å². The van der Waals surface area contributed by atoms with Gasteiger partial charge in [-0.3, -0.25) is 14.4 Å². The van der Waals surface area contributed by atoms with E-state index in [1.165, 1.54) is 55.0 Å². The van der Waals surface area contributed by atoms with Crippen LogP contribution in [0.5, 0.6) is 46.0 Å². The SMILES string of the molecule is COC(=O)[C@@H]1NC(=O)C2NC(=O)C(NC(=O)C(NC(=O)OC(C)(C)C)c3cc(Oc4ccc(CC(NC(=O)OCc5ccccc5)C(=O)O)cc4Cl)c(O)c(c3)Oc3ccc(cc3Cl)C2O)c2ccc(O)c(c2)-c2c1cc(O)c(CNC1C3CC4CC(C3)CC1C4)c2O. The molecule has 488 valence electrons. The van der Waals surface area contributed by atoms with Gasteiger partial charge < -0.3 is 86.2 Å². The van der Waals surface area contributed by atoms with Crippen LogP contribution < -0.4 is 41.4 Å². The maximum absolute atomic E-state index is 15.5. The monoisotopic (exact) mass is 1310 g/mol. The molecular weight excluding hydrogens is 1250 g/mol. The van der Waals surface area contributed by atoms with Gasteiger partial charge in [0, 0.05) is 35.7 Å². The van der Waals surface area contributed by atoms with E-state index in [0.717, 1.165) is 57.1 Å². The molecule has 13 rings (SSSR count). The maximum Gasteiger partial charge on any atom is 0.408 e. The van der Waals surface area contributed by atoms with E-state index in [4.69, 9.17) is 46.9 Å². The highest BCUT2D eigenvalue weighted by molar-refractivity contribution is 6.32. The number of aromatic hydroxyl groups is 4. The van der Waals surface area contributed by atoms with Crippen molar-refractivity contribution in [3.63, 3.8) is 0 Å². The first kappa shape index (κ1) is 65.0. The number of benzene rings is 6. The smallest absolute Gasteiger partial charge is 0.408 e. The number of fused-ring (bicyclic) bond motifs is 8. The van der Waals surface area contributed by atoms with Crippen LogP contribution in [0, 0.1) is 23.7 Å². The average Bonchev–Trinajstić information content (AvgIpc) is 1.00. The van der Waals surface area contributed by atoms with Gasteiger partial charge in [-0.05, 0) is 159 Å². The minimum absolute atomic E-state index is 0.0275. The molecule has 6 aromatic carbocycles. The Hall–Kier alpha value is -9.49. The van der Waals surface area contributed by atoms with Crippen molar-refractivity contribution in [1.82, 2.24) is 31.9 Å². The van der Waals surface area contributed by atoms with Gasteiger partial charge in [-0.2, -0.15) is 0 Å². The molecule has 5 amide bonds. The van der Waals surface area contributed by atoms with Crippen LogP contribution in [-0.2, 0) is 57.8 Å². The Kier molecular flexibility index (Phi) is 18.6. The van der Waals surface area contributed by atoms with Crippen molar-refractivity contribution in [3.8, 4) is 57.1 Å². The lowest BCUT2D eigenvalue weighted by Gasteiger charge is -2.54. The fourth-order valence-corrected chi connectivity index (χ4v) is 13.9. The average molecular weight is 1320 g/mol. The predicted octanol–water partition coefficient (Wildman–Crippen LogP) is 9.20. The van der Waals surface area contributed by atoms with Crippen molar-refractivity contribution in [2.75, 3.05) is 7.11 Å². The predicted molar refractivity (Wildman–Crippen MR) is 333 cm³/mol. The number of hydrogen-bond donors (Lipinski definition) is 12. The summed E-state index contributed by atoms with van der Waals surface area (Å²) in [5.41, 5.74) is -1.57. The molecule has 6 aromatic rings. The quantitative estimate of drug-likeness (QED) is 0.0378. The van der Waals surface area contributed by atoms with Crippen LogP contribution in [0.1, 0.15) is 116 Å². The number of phenols is 4. The fourth-order valence-electron chi connectivity index (χ4n) is 13.4. The van der Waals surface area contributed by atoms with Crippen molar-refractivity contribution in [1.29, 1.82) is 0 Å². The molecule has 3 heterocycles. The third-order valence-electron chi connectivity index (χ3n) is 17.6. The fraction of sp³-hybridized carbons (Fsp3) is 0.358. The molecule has 4 aliphatic carbocycles. The number of amides is 5. The highest BCUT2D eigenvalue weighted by atomic mass is 35.5. The Morgan fingerprint density at radius 1 is 0.699 bits per heavy atom. The molecule has 3 aliphatic heterocycles. The number of rotatable bonds is 13. The number of carbonyl (C=O) groups excluding carboxylic acids is 6. The number of phenolic OH excluding ortho intramolecular Hbond substituents is 4. The standard InChI is InChI=1S/C67H68Cl2N6O18/c1-67(2,3)93-66(88)75-54-38-25-49(91-47-14-10-31(21-42(47)68)22-44(63(84)85)71-65(87)90-29-30-8-6-5-7-9-30)59(80)50(26-38)92-48-15-12-35(24-43(48)69)57(78)56-62(83)73-55(64(86)89-4)40-27-46(77)41(28-70-52-36-17-32-16-33(19-36)20-37(52)18-32)58(79)51(40)39-23-34(11-13-45(39)76)53(60(81)74-56)72-61(54)82/h5-15,21,23-27,32-33,36-37,44,52-57,70,76-80H,16-20,22,28-29H2,1-4H3,(H,71,87)(H,72,82)(H,73,83)(H,74,81)(H,75,88)(H,84,85)/t32?,33?,36?,37?,44?,52?,53?,54?,55-,56?,57?/m1/s1. The number of carbonyl (C=O) groups is 7. The number of nitrogens with one attached hydrogen (secondary N) is 6. The number of carboxylic acid groups (broad SMARTS) is 1. The summed E-state index contributed by atoms with van der Waals surface area (Å²) in [5, 5.41) is 86.6. The van der Waals surface area contributed by atoms with E-state index in [-0.39, 0.29) is 86.1 Å². The molecule has 0 spiro atoms. The Morgan fingerprint density at radius 3 is 2.08 bits per heavy atom. The van der Waals surface area contributed by atoms with E-state index in [1.54, 1.807) is 51.1 Å². The highest BCUT2D eigenvalue weighted by Crippen LogP contribution is 2.55. The zero-order valence-electron chi connectivity index (χ0n) is 50.7. The first-order valence-electron chi connectivity index (χ1n) is 30.1. The molecule has 0 radical (unpaired) electrons. The first-order valence-corrected chi connectivity index (χ1v) is 30.9. The minimum atomic E-state index is -2.08. The second-order valence-corrected chi connectivity index (χ2v) is 25.9. The number of carboxylic acids is 1. The number of esters is 1. The van der Waals surface area contributed by atoms with Gasteiger partial charge in [-0.1, -0.05) is 71.7 Å². The maximum atomic E-state index is 15.5. The lowest BCUT2D eigenvalue weighted by Crippen LogP contribution is -2.55. The van der Waals surface area contributed by atoms with E-state index < -0.39 is 118 Å². The van der Waals surface area contributed by atoms with E-state index in [9.17, 15) is 49.8 Å². The Morgan fingerprint density at radius 2 is 1.41 bits per heavy atom. The molecule has 6 atom stereocenters. The van der Waals surface area contributed by atoms with E-state index in [1.807, 2.05) is 0 Å². The Balaban J connectivity index is 1.00. The van der Waals surface area contributed by atoms with E-state index in [0.29, 0.717) is 34.8 Å². The normalized spacial score (nSPS) is 23.3. The second kappa shape index (κ2) is 26.6. The van der Waals surface area contributed by atoms with Crippen LogP contribution in [0.15, 0.2) is 103 Å². The molecule has 7 aliphatic rings. The third-order valence-corrected chi connectivity index (χ3v) is 18.1. The summed E-state index contributed by atoms with van der Waals surface area (Å²) in [7, 11) is 1.02. The van der Waals surface area contributed by atoms with Crippen LogP contribution in [0.2, 0.25) is 10.0 Å². The van der Waals surface area contributed by atoms with Crippen molar-refractivity contribution < 1.29 is 87.9 Å². The van der Waals surface area contributed by atoms with Gasteiger partial charge in [0.1, 0.15) is 71.2 Å². The number of aliphatic hydroxyl groups is 1. The van der Waals surface area contributed by atoms with Crippen LogP contribution in [0.3, 0.4) is 0 Å². The molecule has 5 unspecified atom stereocenters. The van der Waals surface area contributed by atoms with Gasteiger partial charge in [-0.15, -0.1) is 0 Å². The van der Waals surface area contributed by atoms with Crippen LogP contribution in [0.25, 0.3) is 11.1 Å². The van der Waals surface area contributed by atoms with Crippen molar-refractivity contribution in [2.24, 2.45) is 23.7 Å². The van der Waals surface area contributed by atoms with Gasteiger partial charge in [0.25, 0.3) is 0 Å². The zero-order chi connectivity index (χ0) is 66.3. The van der Waals surface area contributed by atoms with Crippen LogP contribution >= 0.6 is 23.2 Å². The first-order chi connectivity index (χ1) is 44.3. The summed E-state index contributed by atoms with van der Waals surface area (Å²) in [6, 6.07) is 14.2. The van der Waals surface area contributed by atoms with Gasteiger partial charge in [0.15, 0.2) is 17.5 Å². The Labute approximate surface area is 542 Å². The van der Waals surface area contributed by atoms with E-state index in [2.05, 4.69) is 31.9 Å². The lowest BCUT2D eigenvalue weighted by molar-refractivity contribution is -0.146. The number of aliphatic carboxylic acids is 1. The molecular formula is C67H68Cl2N6O18. The second-order valence-electron chi connectivity index (χ2n) is 25.0. The minimum Gasteiger partial charge on any atom is -0.507 e. The summed E-state index contributed by atoms with van der Waals surface area (Å²) in [6.45, 7) is 4.47. The van der Waals surface area contributed by atoms with E-state index >= 15 is 14.4 Å². The molecule has 0 saturated heterocycles. The molecule has 26 heteroatoms. The molecule has 12 N–H and O–H groups in total. The van der Waals surface area contributed by atoms with Gasteiger partial charge in [0.2, 0.25) is 23.5 Å². The van der Waals surface area contributed by atoms with Gasteiger partial charge >= 0.3 is 24.1 Å². The van der Waals surface area contributed by atoms with Crippen LogP contribution in [0.4, 0.5) is 9.59 Å². The third kappa shape index (κ3) is 14.1. The summed E-state index contributed by atoms with van der Waals surface area (Å²) in [6.07, 6.45) is 0.910. The summed E-state index contributed by atoms with van der Waals surface area (Å²) < 4.78 is 28.5. The van der Waals surface area contributed by atoms with Gasteiger partial charge in [-0.25, -0.2) is 19.2 Å². The van der Waals surface area contributed by atoms with Crippen molar-refractivity contribution in [2.45, 2.75) is 120 Å². The number of hydrogen-bond acceptors (Lipinski definition) is 18. The number of methoxy groups -OCH3 is 1. The topological polar surface area (TPSA) is 359 Å². The highest BCUT2D eigenvalue weighted by Gasteiger charge is 2.48. The molecule has 4 saturated carbocycles. The van der Waals surface area contributed by atoms with Crippen molar-refractivity contribution in [3.05, 3.63) is 152 Å². The number of aliphatic hydroxyl groups excluding tert-OH is 1. The Bertz CT molecular complexity index is 3930. The number of halogens is 2. The molecule has 24 nitrogen and oxygen atoms in total. The molecule has 93 heavy (non-hydrogen) atoms. The lowest BCUT2D eigenvalue weighted by atomic mass is 9.54. The number of ether oxygens (including phenoxy) is 5. The molecule has 12 bridgehead atoms. The van der Waals surface area contributed by atoms with Crippen molar-refractivity contribution >= 4 is 65.0 Å². The molecule has 0 aromatic heterocycles. The summed E-state index contributed by atoms with van der Waals surface area (Å²) in [4.78, 5) is 98.9. The largest absolute Gasteiger partial charge is 0.507 e. The summed E-state index contributed by atoms with van der Waals surface area (Å²) >= 11 is 13.7. The number of alkyl carbamates (subject to hydrolysis) is 2. The molecule has 4 fully saturated rings. The summed E-state index contributed by atoms with van der Waals surface area (Å²) in [5.74, 6) is -7.83. The van der Waals surface area contributed by atoms with Gasteiger partial charge in [0.05, 0.1) is 22.7 Å².